The lowest BCUT2D eigenvalue weighted by molar-refractivity contribution is 0.190. The van der Waals surface area contributed by atoms with E-state index >= 15 is 0 Å². The van der Waals surface area contributed by atoms with Crippen molar-refractivity contribution in [2.45, 2.75) is 33.4 Å². The Morgan fingerprint density at radius 2 is 2.15 bits per heavy atom. The molecule has 2 aromatic rings. The summed E-state index contributed by atoms with van der Waals surface area (Å²) in [6, 6.07) is 8.52. The largest absolute Gasteiger partial charge is 0.385 e. The second-order valence-electron chi connectivity index (χ2n) is 5.09. The number of ether oxygens (including phenoxy) is 1. The molecule has 4 nitrogen and oxygen atoms in total. The van der Waals surface area contributed by atoms with Gasteiger partial charge in [0.1, 0.15) is 0 Å². The molecule has 1 N–H and O–H groups in total. The van der Waals surface area contributed by atoms with Gasteiger partial charge in [-0.25, -0.2) is 4.98 Å². The van der Waals surface area contributed by atoms with Crippen molar-refractivity contribution in [2.24, 2.45) is 0 Å². The van der Waals surface area contributed by atoms with Gasteiger partial charge in [0, 0.05) is 33.0 Å². The Morgan fingerprint density at radius 3 is 2.90 bits per heavy atom. The van der Waals surface area contributed by atoms with Crippen LogP contribution in [0.25, 0.3) is 0 Å². The Labute approximate surface area is 120 Å². The first kappa shape index (κ1) is 14.6. The maximum Gasteiger partial charge on any atom is 0.203 e. The molecule has 1 aromatic carbocycles. The molecule has 0 bridgehead atoms. The van der Waals surface area contributed by atoms with E-state index in [1.54, 1.807) is 7.11 Å². The summed E-state index contributed by atoms with van der Waals surface area (Å²) in [5.41, 5.74) is 3.59. The molecule has 0 aliphatic rings. The number of rotatable bonds is 7. The summed E-state index contributed by atoms with van der Waals surface area (Å²) in [6.07, 6.45) is 3.07. The highest BCUT2D eigenvalue weighted by molar-refractivity contribution is 5.32. The van der Waals surface area contributed by atoms with Crippen molar-refractivity contribution >= 4 is 5.95 Å². The molecule has 0 aliphatic heterocycles. The Bertz CT molecular complexity index is 548. The molecular formula is C16H23N3O. The van der Waals surface area contributed by atoms with Crippen LogP contribution in [-0.4, -0.2) is 23.3 Å². The van der Waals surface area contributed by atoms with Crippen molar-refractivity contribution in [2.75, 3.05) is 19.0 Å². The molecule has 0 fully saturated rings. The highest BCUT2D eigenvalue weighted by Gasteiger charge is 2.05. The van der Waals surface area contributed by atoms with Gasteiger partial charge in [-0.15, -0.1) is 0 Å². The molecular weight excluding hydrogens is 250 g/mol. The van der Waals surface area contributed by atoms with Crippen molar-refractivity contribution in [3.63, 3.8) is 0 Å². The van der Waals surface area contributed by atoms with Gasteiger partial charge in [0.15, 0.2) is 0 Å². The van der Waals surface area contributed by atoms with Crippen LogP contribution >= 0.6 is 0 Å². The minimum absolute atomic E-state index is 0.772. The van der Waals surface area contributed by atoms with Crippen LogP contribution in [0.15, 0.2) is 30.5 Å². The van der Waals surface area contributed by atoms with Crippen LogP contribution in [0.1, 0.15) is 23.2 Å². The smallest absolute Gasteiger partial charge is 0.203 e. The first-order valence-corrected chi connectivity index (χ1v) is 7.01. The molecule has 2 rings (SSSR count). The SMILES string of the molecule is COCCCn1cc(C)nc1NCc1cccc(C)c1. The van der Waals surface area contributed by atoms with Gasteiger partial charge in [-0.05, 0) is 25.8 Å². The number of benzene rings is 1. The number of nitrogens with zero attached hydrogens (tertiary/aromatic N) is 2. The Hall–Kier alpha value is -1.81. The summed E-state index contributed by atoms with van der Waals surface area (Å²) in [6.45, 7) is 6.62. The molecule has 0 spiro atoms. The lowest BCUT2D eigenvalue weighted by Gasteiger charge is -2.10. The minimum Gasteiger partial charge on any atom is -0.385 e. The predicted octanol–water partition coefficient (Wildman–Crippen LogP) is 3.15. The normalized spacial score (nSPS) is 10.8. The highest BCUT2D eigenvalue weighted by Crippen LogP contribution is 2.12. The monoisotopic (exact) mass is 273 g/mol. The number of hydrogen-bond acceptors (Lipinski definition) is 3. The van der Waals surface area contributed by atoms with E-state index in [0.717, 1.165) is 37.8 Å². The number of methoxy groups -OCH3 is 1. The molecule has 0 saturated heterocycles. The van der Waals surface area contributed by atoms with Crippen molar-refractivity contribution in [3.05, 3.63) is 47.3 Å². The van der Waals surface area contributed by atoms with Gasteiger partial charge in [0.05, 0.1) is 5.69 Å². The van der Waals surface area contributed by atoms with Crippen molar-refractivity contribution in [1.82, 2.24) is 9.55 Å². The lowest BCUT2D eigenvalue weighted by Crippen LogP contribution is -2.08. The molecule has 1 aromatic heterocycles. The summed E-state index contributed by atoms with van der Waals surface area (Å²) < 4.78 is 7.26. The number of nitrogens with one attached hydrogen (secondary N) is 1. The molecule has 0 radical (unpaired) electrons. The van der Waals surface area contributed by atoms with Crippen LogP contribution < -0.4 is 5.32 Å². The summed E-state index contributed by atoms with van der Waals surface area (Å²) in [7, 11) is 1.73. The van der Waals surface area contributed by atoms with E-state index in [9.17, 15) is 0 Å². The molecule has 1 heterocycles. The van der Waals surface area contributed by atoms with Gasteiger partial charge in [-0.1, -0.05) is 29.8 Å². The maximum absolute atomic E-state index is 5.10. The highest BCUT2D eigenvalue weighted by atomic mass is 16.5. The first-order chi connectivity index (χ1) is 9.69. The van der Waals surface area contributed by atoms with Gasteiger partial charge < -0.3 is 14.6 Å². The van der Waals surface area contributed by atoms with E-state index in [1.807, 2.05) is 6.92 Å². The molecule has 4 heteroatoms. The quantitative estimate of drug-likeness (QED) is 0.788. The number of aromatic nitrogens is 2. The van der Waals surface area contributed by atoms with E-state index in [0.29, 0.717) is 0 Å². The van der Waals surface area contributed by atoms with Crippen molar-refractivity contribution < 1.29 is 4.74 Å². The van der Waals surface area contributed by atoms with E-state index in [2.05, 4.69) is 52.3 Å². The third kappa shape index (κ3) is 4.10. The van der Waals surface area contributed by atoms with Gasteiger partial charge >= 0.3 is 0 Å². The van der Waals surface area contributed by atoms with Crippen molar-refractivity contribution in [1.29, 1.82) is 0 Å². The summed E-state index contributed by atoms with van der Waals surface area (Å²) in [5, 5.41) is 3.42. The summed E-state index contributed by atoms with van der Waals surface area (Å²) >= 11 is 0. The average molecular weight is 273 g/mol. The van der Waals surface area contributed by atoms with E-state index in [-0.39, 0.29) is 0 Å². The second-order valence-corrected chi connectivity index (χ2v) is 5.09. The fourth-order valence-electron chi connectivity index (χ4n) is 2.24. The molecule has 0 amide bonds. The molecule has 0 unspecified atom stereocenters. The third-order valence-electron chi connectivity index (χ3n) is 3.18. The Kier molecular flexibility index (Phi) is 5.18. The average Bonchev–Trinajstić information content (AvgIpc) is 2.77. The molecule has 0 aliphatic carbocycles. The Morgan fingerprint density at radius 1 is 1.30 bits per heavy atom. The van der Waals surface area contributed by atoms with E-state index < -0.39 is 0 Å². The van der Waals surface area contributed by atoms with Gasteiger partial charge in [0.25, 0.3) is 0 Å². The zero-order chi connectivity index (χ0) is 14.4. The zero-order valence-corrected chi connectivity index (χ0v) is 12.5. The molecule has 0 saturated carbocycles. The van der Waals surface area contributed by atoms with Gasteiger partial charge in [-0.2, -0.15) is 0 Å². The van der Waals surface area contributed by atoms with E-state index in [4.69, 9.17) is 4.74 Å². The molecule has 20 heavy (non-hydrogen) atoms. The zero-order valence-electron chi connectivity index (χ0n) is 12.5. The van der Waals surface area contributed by atoms with Gasteiger partial charge in [0.2, 0.25) is 5.95 Å². The fraction of sp³-hybridized carbons (Fsp3) is 0.438. The Balaban J connectivity index is 1.98. The maximum atomic E-state index is 5.10. The number of aryl methyl sites for hydroxylation is 3. The number of anilines is 1. The standard InChI is InChI=1S/C16H23N3O/c1-13-6-4-7-15(10-13)11-17-16-18-14(2)12-19(16)8-5-9-20-3/h4,6-7,10,12H,5,8-9,11H2,1-3H3,(H,17,18). The summed E-state index contributed by atoms with van der Waals surface area (Å²) in [4.78, 5) is 4.54. The number of hydrogen-bond donors (Lipinski definition) is 1. The first-order valence-electron chi connectivity index (χ1n) is 7.01. The van der Waals surface area contributed by atoms with Crippen LogP contribution in [0.2, 0.25) is 0 Å². The van der Waals surface area contributed by atoms with Crippen LogP contribution in [0.4, 0.5) is 5.95 Å². The van der Waals surface area contributed by atoms with Crippen LogP contribution in [-0.2, 0) is 17.8 Å². The van der Waals surface area contributed by atoms with Gasteiger partial charge in [-0.3, -0.25) is 0 Å². The van der Waals surface area contributed by atoms with Crippen LogP contribution in [0.3, 0.4) is 0 Å². The topological polar surface area (TPSA) is 39.1 Å². The third-order valence-corrected chi connectivity index (χ3v) is 3.18. The van der Waals surface area contributed by atoms with E-state index in [1.165, 1.54) is 11.1 Å². The summed E-state index contributed by atoms with van der Waals surface area (Å²) in [5.74, 6) is 0.931. The van der Waals surface area contributed by atoms with Crippen molar-refractivity contribution in [3.8, 4) is 0 Å². The lowest BCUT2D eigenvalue weighted by atomic mass is 10.1. The van der Waals surface area contributed by atoms with Crippen LogP contribution in [0.5, 0.6) is 0 Å². The van der Waals surface area contributed by atoms with Crippen LogP contribution in [0, 0.1) is 13.8 Å². The molecule has 0 atom stereocenters. The predicted molar refractivity (Wildman–Crippen MR) is 82.0 cm³/mol. The molecule has 108 valence electrons. The fourth-order valence-corrected chi connectivity index (χ4v) is 2.24. The number of imidazole rings is 1. The second kappa shape index (κ2) is 7.10. The minimum atomic E-state index is 0.772.